The predicted octanol–water partition coefficient (Wildman–Crippen LogP) is 2.62. The van der Waals surface area contributed by atoms with Gasteiger partial charge < -0.3 is 15.0 Å². The van der Waals surface area contributed by atoms with E-state index in [0.717, 1.165) is 32.2 Å². The van der Waals surface area contributed by atoms with E-state index in [9.17, 15) is 9.59 Å². The molecule has 6 heteroatoms. The van der Waals surface area contributed by atoms with Crippen LogP contribution in [0.3, 0.4) is 0 Å². The van der Waals surface area contributed by atoms with Gasteiger partial charge in [0.2, 0.25) is 5.91 Å². The summed E-state index contributed by atoms with van der Waals surface area (Å²) in [5.74, 6) is 1.92. The Balaban J connectivity index is 1.28. The zero-order valence-electron chi connectivity index (χ0n) is 14.1. The fourth-order valence-corrected chi connectivity index (χ4v) is 4.51. The van der Waals surface area contributed by atoms with Crippen molar-refractivity contribution < 1.29 is 14.3 Å². The van der Waals surface area contributed by atoms with E-state index in [1.165, 1.54) is 0 Å². The molecule has 1 N–H and O–H groups in total. The van der Waals surface area contributed by atoms with Gasteiger partial charge in [0.15, 0.2) is 6.61 Å². The van der Waals surface area contributed by atoms with Gasteiger partial charge in [0.05, 0.1) is 0 Å². The Hall–Kier alpha value is -1.75. The molecule has 1 aromatic rings. The maximum Gasteiger partial charge on any atom is 0.258 e. The highest BCUT2D eigenvalue weighted by Gasteiger charge is 2.57. The summed E-state index contributed by atoms with van der Waals surface area (Å²) in [6, 6.07) is 7.47. The minimum absolute atomic E-state index is 0.00281. The van der Waals surface area contributed by atoms with Crippen molar-refractivity contribution in [1.82, 2.24) is 10.2 Å². The van der Waals surface area contributed by atoms with Gasteiger partial charge in [0.25, 0.3) is 5.91 Å². The minimum Gasteiger partial charge on any atom is -0.484 e. The van der Waals surface area contributed by atoms with Crippen LogP contribution in [0.25, 0.3) is 0 Å². The summed E-state index contributed by atoms with van der Waals surface area (Å²) in [6.07, 6.45) is 4.80. The first-order valence-electron chi connectivity index (χ1n) is 9.09. The van der Waals surface area contributed by atoms with Crippen LogP contribution in [0.1, 0.15) is 32.1 Å². The minimum atomic E-state index is -0.101. The van der Waals surface area contributed by atoms with E-state index in [4.69, 9.17) is 16.3 Å². The third-order valence-corrected chi connectivity index (χ3v) is 5.94. The zero-order valence-corrected chi connectivity index (χ0v) is 14.9. The number of halogens is 1. The van der Waals surface area contributed by atoms with Gasteiger partial charge in [-0.3, -0.25) is 9.59 Å². The molecular formula is C19H23ClN2O3. The lowest BCUT2D eigenvalue weighted by Gasteiger charge is -2.34. The van der Waals surface area contributed by atoms with E-state index in [0.29, 0.717) is 41.0 Å². The lowest BCUT2D eigenvalue weighted by atomic mass is 10.0. The Morgan fingerprint density at radius 2 is 2.00 bits per heavy atom. The van der Waals surface area contributed by atoms with Crippen LogP contribution >= 0.6 is 11.6 Å². The maximum absolute atomic E-state index is 12.2. The number of carbonyl (C=O) groups is 2. The standard InChI is InChI=1S/C19H23ClN2O3/c20-12-4-6-13(7-5-12)25-11-18(23)21-16-10-17(15-9-14(15)16)22-8-2-1-3-19(22)24/h4-7,14-17H,1-3,8-11H2,(H,21,23). The summed E-state index contributed by atoms with van der Waals surface area (Å²) < 4.78 is 5.51. The third kappa shape index (κ3) is 3.61. The summed E-state index contributed by atoms with van der Waals surface area (Å²) >= 11 is 5.83. The van der Waals surface area contributed by atoms with Crippen molar-refractivity contribution in [2.24, 2.45) is 11.8 Å². The number of amides is 2. The van der Waals surface area contributed by atoms with Gasteiger partial charge in [-0.25, -0.2) is 0 Å². The van der Waals surface area contributed by atoms with Crippen LogP contribution in [-0.4, -0.2) is 41.9 Å². The highest BCUT2D eigenvalue weighted by Crippen LogP contribution is 2.54. The number of hydrogen-bond acceptors (Lipinski definition) is 3. The molecule has 5 nitrogen and oxygen atoms in total. The number of nitrogens with one attached hydrogen (secondary N) is 1. The van der Waals surface area contributed by atoms with Gasteiger partial charge in [0, 0.05) is 30.1 Å². The second-order valence-electron chi connectivity index (χ2n) is 7.33. The average Bonchev–Trinajstić information content (AvgIpc) is 3.33. The number of rotatable bonds is 5. The first-order chi connectivity index (χ1) is 12.1. The summed E-state index contributed by atoms with van der Waals surface area (Å²) in [5.41, 5.74) is 0. The van der Waals surface area contributed by atoms with Gasteiger partial charge in [-0.15, -0.1) is 0 Å². The summed E-state index contributed by atoms with van der Waals surface area (Å²) in [4.78, 5) is 26.4. The molecule has 0 radical (unpaired) electrons. The Morgan fingerprint density at radius 3 is 2.76 bits per heavy atom. The third-order valence-electron chi connectivity index (χ3n) is 5.69. The van der Waals surface area contributed by atoms with Crippen molar-refractivity contribution in [1.29, 1.82) is 0 Å². The van der Waals surface area contributed by atoms with E-state index in [1.54, 1.807) is 24.3 Å². The number of nitrogens with zero attached hydrogens (tertiary/aromatic N) is 1. The Labute approximate surface area is 152 Å². The highest BCUT2D eigenvalue weighted by atomic mass is 35.5. The van der Waals surface area contributed by atoms with E-state index >= 15 is 0 Å². The van der Waals surface area contributed by atoms with Crippen molar-refractivity contribution in [2.45, 2.75) is 44.2 Å². The summed E-state index contributed by atoms with van der Waals surface area (Å²) in [7, 11) is 0. The smallest absolute Gasteiger partial charge is 0.258 e. The van der Waals surface area contributed by atoms with E-state index in [-0.39, 0.29) is 18.6 Å². The van der Waals surface area contributed by atoms with Crippen molar-refractivity contribution in [3.63, 3.8) is 0 Å². The van der Waals surface area contributed by atoms with Gasteiger partial charge in [-0.2, -0.15) is 0 Å². The first-order valence-corrected chi connectivity index (χ1v) is 9.47. The molecule has 134 valence electrons. The lowest BCUT2D eigenvalue weighted by Crippen LogP contribution is -2.45. The Bertz CT molecular complexity index is 663. The normalized spacial score (nSPS) is 30.8. The maximum atomic E-state index is 12.2. The number of ether oxygens (including phenoxy) is 1. The molecule has 4 atom stereocenters. The zero-order chi connectivity index (χ0) is 17.4. The second kappa shape index (κ2) is 6.87. The first kappa shape index (κ1) is 16.7. The topological polar surface area (TPSA) is 58.6 Å². The Kier molecular flexibility index (Phi) is 4.59. The molecule has 2 amide bonds. The van der Waals surface area contributed by atoms with Gasteiger partial charge >= 0.3 is 0 Å². The molecule has 0 spiro atoms. The largest absolute Gasteiger partial charge is 0.484 e. The van der Waals surface area contributed by atoms with Crippen molar-refractivity contribution in [3.05, 3.63) is 29.3 Å². The molecule has 2 saturated carbocycles. The number of fused-ring (bicyclic) bond motifs is 1. The van der Waals surface area contributed by atoms with Gasteiger partial charge in [0.1, 0.15) is 5.75 Å². The van der Waals surface area contributed by atoms with Gasteiger partial charge in [-0.05, 0) is 61.8 Å². The fourth-order valence-electron chi connectivity index (χ4n) is 4.38. The summed E-state index contributed by atoms with van der Waals surface area (Å²) in [6.45, 7) is 0.885. The van der Waals surface area contributed by atoms with Crippen molar-refractivity contribution in [3.8, 4) is 5.75 Å². The quantitative estimate of drug-likeness (QED) is 0.876. The van der Waals surface area contributed by atoms with Crippen molar-refractivity contribution >= 4 is 23.4 Å². The van der Waals surface area contributed by atoms with E-state index in [1.807, 2.05) is 0 Å². The monoisotopic (exact) mass is 362 g/mol. The lowest BCUT2D eigenvalue weighted by molar-refractivity contribution is -0.136. The van der Waals surface area contributed by atoms with Crippen LogP contribution in [0.5, 0.6) is 5.75 Å². The Morgan fingerprint density at radius 1 is 1.20 bits per heavy atom. The average molecular weight is 363 g/mol. The van der Waals surface area contributed by atoms with Crippen LogP contribution in [0.4, 0.5) is 0 Å². The van der Waals surface area contributed by atoms with Crippen LogP contribution < -0.4 is 10.1 Å². The SMILES string of the molecule is O=C(COc1ccc(Cl)cc1)NC1CC(N2CCCCC2=O)C2CC12. The van der Waals surface area contributed by atoms with E-state index < -0.39 is 0 Å². The molecule has 1 heterocycles. The fraction of sp³-hybridized carbons (Fsp3) is 0.579. The van der Waals surface area contributed by atoms with Crippen LogP contribution in [-0.2, 0) is 9.59 Å². The predicted molar refractivity (Wildman–Crippen MR) is 94.4 cm³/mol. The molecule has 4 rings (SSSR count). The molecule has 3 aliphatic rings. The van der Waals surface area contributed by atoms with Crippen LogP contribution in [0.2, 0.25) is 5.02 Å². The van der Waals surface area contributed by atoms with Crippen molar-refractivity contribution in [2.75, 3.05) is 13.2 Å². The van der Waals surface area contributed by atoms with Crippen LogP contribution in [0.15, 0.2) is 24.3 Å². The highest BCUT2D eigenvalue weighted by molar-refractivity contribution is 6.30. The second-order valence-corrected chi connectivity index (χ2v) is 7.76. The number of benzene rings is 1. The molecule has 0 aromatic heterocycles. The molecule has 1 saturated heterocycles. The number of hydrogen-bond donors (Lipinski definition) is 1. The van der Waals surface area contributed by atoms with Gasteiger partial charge in [-0.1, -0.05) is 11.6 Å². The molecule has 0 bridgehead atoms. The number of piperidine rings is 1. The number of likely N-dealkylation sites (tertiary alicyclic amines) is 1. The molecule has 2 aliphatic carbocycles. The molecule has 1 aliphatic heterocycles. The van der Waals surface area contributed by atoms with E-state index in [2.05, 4.69) is 10.2 Å². The molecular weight excluding hydrogens is 340 g/mol. The molecule has 1 aromatic carbocycles. The summed E-state index contributed by atoms with van der Waals surface area (Å²) in [5, 5.41) is 3.75. The molecule has 25 heavy (non-hydrogen) atoms. The molecule has 4 unspecified atom stereocenters. The molecule has 3 fully saturated rings. The van der Waals surface area contributed by atoms with Crippen LogP contribution in [0, 0.1) is 11.8 Å². The number of carbonyl (C=O) groups excluding carboxylic acids is 2.